The summed E-state index contributed by atoms with van der Waals surface area (Å²) < 4.78 is 0. The van der Waals surface area contributed by atoms with E-state index in [4.69, 9.17) is 34.8 Å². The van der Waals surface area contributed by atoms with E-state index < -0.39 is 6.10 Å². The first-order valence-corrected chi connectivity index (χ1v) is 6.57. The summed E-state index contributed by atoms with van der Waals surface area (Å²) >= 11 is 18.0. The minimum atomic E-state index is -0.699. The molecular weight excluding hydrogens is 291 g/mol. The number of hydrogen-bond donors (Lipinski definition) is 1. The highest BCUT2D eigenvalue weighted by Crippen LogP contribution is 2.29. The molecule has 0 spiro atoms. The average Bonchev–Trinajstić information content (AvgIpc) is 2.34. The second-order valence-electron chi connectivity index (χ2n) is 3.98. The Balaban J connectivity index is 2.24. The van der Waals surface area contributed by atoms with Crippen LogP contribution in [0.3, 0.4) is 0 Å². The van der Waals surface area contributed by atoms with Gasteiger partial charge in [0.1, 0.15) is 0 Å². The molecule has 0 aliphatic carbocycles. The van der Waals surface area contributed by atoms with Crippen LogP contribution in [0.2, 0.25) is 15.1 Å². The van der Waals surface area contributed by atoms with E-state index in [9.17, 15) is 5.11 Å². The van der Waals surface area contributed by atoms with Crippen LogP contribution in [-0.4, -0.2) is 5.11 Å². The fourth-order valence-corrected chi connectivity index (χ4v) is 2.41. The first-order chi connectivity index (χ1) is 8.58. The zero-order valence-electron chi connectivity index (χ0n) is 9.41. The van der Waals surface area contributed by atoms with E-state index >= 15 is 0 Å². The van der Waals surface area contributed by atoms with Crippen molar-refractivity contribution >= 4 is 34.8 Å². The lowest BCUT2D eigenvalue weighted by molar-refractivity contribution is 0.178. The van der Waals surface area contributed by atoms with Gasteiger partial charge in [-0.1, -0.05) is 53.0 Å². The van der Waals surface area contributed by atoms with Gasteiger partial charge in [0.25, 0.3) is 0 Å². The predicted octanol–water partition coefficient (Wildman–Crippen LogP) is 4.92. The van der Waals surface area contributed by atoms with Crippen molar-refractivity contribution in [1.29, 1.82) is 0 Å². The standard InChI is InChI=1S/C14H11Cl3O/c15-10-5-6-12(16)9(7-10)8-14(18)11-3-1-2-4-13(11)17/h1-7,14,18H,8H2. The van der Waals surface area contributed by atoms with Crippen molar-refractivity contribution in [1.82, 2.24) is 0 Å². The summed E-state index contributed by atoms with van der Waals surface area (Å²) in [5.41, 5.74) is 1.49. The summed E-state index contributed by atoms with van der Waals surface area (Å²) in [5.74, 6) is 0. The van der Waals surface area contributed by atoms with Crippen LogP contribution >= 0.6 is 34.8 Å². The number of aliphatic hydroxyl groups excluding tert-OH is 1. The largest absolute Gasteiger partial charge is 0.388 e. The maximum absolute atomic E-state index is 10.2. The van der Waals surface area contributed by atoms with Crippen molar-refractivity contribution in [3.8, 4) is 0 Å². The molecule has 94 valence electrons. The molecular formula is C14H11Cl3O. The van der Waals surface area contributed by atoms with E-state index in [0.717, 1.165) is 5.56 Å². The van der Waals surface area contributed by atoms with Crippen molar-refractivity contribution in [2.45, 2.75) is 12.5 Å². The van der Waals surface area contributed by atoms with Crippen LogP contribution in [-0.2, 0) is 6.42 Å². The molecule has 0 saturated carbocycles. The zero-order valence-corrected chi connectivity index (χ0v) is 11.7. The Bertz CT molecular complexity index is 554. The second-order valence-corrected chi connectivity index (χ2v) is 5.23. The van der Waals surface area contributed by atoms with Gasteiger partial charge in [-0.3, -0.25) is 0 Å². The van der Waals surface area contributed by atoms with Gasteiger partial charge >= 0.3 is 0 Å². The van der Waals surface area contributed by atoms with Gasteiger partial charge < -0.3 is 5.11 Å². The number of aliphatic hydroxyl groups is 1. The number of halogens is 3. The van der Waals surface area contributed by atoms with Gasteiger partial charge in [0.2, 0.25) is 0 Å². The van der Waals surface area contributed by atoms with E-state index in [2.05, 4.69) is 0 Å². The molecule has 1 atom stereocenters. The van der Waals surface area contributed by atoms with Crippen LogP contribution in [0.4, 0.5) is 0 Å². The third-order valence-corrected chi connectivity index (χ3v) is 3.63. The molecule has 0 aliphatic heterocycles. The summed E-state index contributed by atoms with van der Waals surface area (Å²) in [6.07, 6.45) is -0.321. The number of hydrogen-bond acceptors (Lipinski definition) is 1. The van der Waals surface area contributed by atoms with Crippen LogP contribution in [0.15, 0.2) is 42.5 Å². The van der Waals surface area contributed by atoms with E-state index in [1.165, 1.54) is 0 Å². The van der Waals surface area contributed by atoms with E-state index in [0.29, 0.717) is 27.1 Å². The quantitative estimate of drug-likeness (QED) is 0.853. The van der Waals surface area contributed by atoms with Crippen LogP contribution in [0, 0.1) is 0 Å². The smallest absolute Gasteiger partial charge is 0.0845 e. The van der Waals surface area contributed by atoms with Gasteiger partial charge in [-0.2, -0.15) is 0 Å². The monoisotopic (exact) mass is 300 g/mol. The minimum absolute atomic E-state index is 0.378. The van der Waals surface area contributed by atoms with Crippen LogP contribution in [0.5, 0.6) is 0 Å². The summed E-state index contributed by atoms with van der Waals surface area (Å²) in [7, 11) is 0. The average molecular weight is 302 g/mol. The maximum Gasteiger partial charge on any atom is 0.0845 e. The molecule has 0 bridgehead atoms. The molecule has 0 heterocycles. The third kappa shape index (κ3) is 3.18. The Labute approximate surface area is 121 Å². The Kier molecular flexibility index (Phi) is 4.52. The van der Waals surface area contributed by atoms with Crippen molar-refractivity contribution in [3.63, 3.8) is 0 Å². The molecule has 0 saturated heterocycles. The van der Waals surface area contributed by atoms with Gasteiger partial charge in [-0.05, 0) is 35.4 Å². The predicted molar refractivity (Wildman–Crippen MR) is 76.6 cm³/mol. The van der Waals surface area contributed by atoms with Crippen LogP contribution < -0.4 is 0 Å². The highest BCUT2D eigenvalue weighted by Gasteiger charge is 2.13. The number of rotatable bonds is 3. The Hall–Kier alpha value is -0.730. The normalized spacial score (nSPS) is 12.4. The lowest BCUT2D eigenvalue weighted by Gasteiger charge is -2.13. The fraction of sp³-hybridized carbons (Fsp3) is 0.143. The van der Waals surface area contributed by atoms with Gasteiger partial charge in [0, 0.05) is 21.5 Å². The van der Waals surface area contributed by atoms with Crippen molar-refractivity contribution in [2.75, 3.05) is 0 Å². The van der Waals surface area contributed by atoms with Crippen molar-refractivity contribution < 1.29 is 5.11 Å². The molecule has 2 aromatic rings. The van der Waals surface area contributed by atoms with Gasteiger partial charge in [-0.15, -0.1) is 0 Å². The summed E-state index contributed by atoms with van der Waals surface area (Å²) in [6.45, 7) is 0. The molecule has 1 nitrogen and oxygen atoms in total. The van der Waals surface area contributed by atoms with Crippen molar-refractivity contribution in [3.05, 3.63) is 68.7 Å². The molecule has 0 amide bonds. The highest BCUT2D eigenvalue weighted by molar-refractivity contribution is 6.33. The molecule has 0 radical (unpaired) electrons. The number of benzene rings is 2. The van der Waals surface area contributed by atoms with Crippen LogP contribution in [0.25, 0.3) is 0 Å². The molecule has 0 aliphatic rings. The highest BCUT2D eigenvalue weighted by atomic mass is 35.5. The maximum atomic E-state index is 10.2. The first kappa shape index (κ1) is 13.7. The minimum Gasteiger partial charge on any atom is -0.388 e. The molecule has 0 fully saturated rings. The van der Waals surface area contributed by atoms with Gasteiger partial charge in [0.15, 0.2) is 0 Å². The molecule has 0 aromatic heterocycles. The van der Waals surface area contributed by atoms with E-state index in [1.54, 1.807) is 30.3 Å². The van der Waals surface area contributed by atoms with E-state index in [1.807, 2.05) is 12.1 Å². The molecule has 1 unspecified atom stereocenters. The summed E-state index contributed by atoms with van der Waals surface area (Å²) in [6, 6.07) is 12.4. The molecule has 2 rings (SSSR count). The molecule has 2 aromatic carbocycles. The van der Waals surface area contributed by atoms with Crippen LogP contribution in [0.1, 0.15) is 17.2 Å². The first-order valence-electron chi connectivity index (χ1n) is 5.44. The third-order valence-electron chi connectivity index (χ3n) is 2.69. The van der Waals surface area contributed by atoms with Crippen molar-refractivity contribution in [2.24, 2.45) is 0 Å². The molecule has 4 heteroatoms. The fourth-order valence-electron chi connectivity index (χ4n) is 1.76. The second kappa shape index (κ2) is 5.94. The summed E-state index contributed by atoms with van der Waals surface area (Å²) in [5, 5.41) is 11.9. The Morgan fingerprint density at radius 1 is 0.944 bits per heavy atom. The van der Waals surface area contributed by atoms with Gasteiger partial charge in [0.05, 0.1) is 6.10 Å². The Morgan fingerprint density at radius 3 is 2.39 bits per heavy atom. The SMILES string of the molecule is OC(Cc1cc(Cl)ccc1Cl)c1ccccc1Cl. The summed E-state index contributed by atoms with van der Waals surface area (Å²) in [4.78, 5) is 0. The van der Waals surface area contributed by atoms with Gasteiger partial charge in [-0.25, -0.2) is 0 Å². The van der Waals surface area contributed by atoms with E-state index in [-0.39, 0.29) is 0 Å². The zero-order chi connectivity index (χ0) is 13.1. The topological polar surface area (TPSA) is 20.2 Å². The molecule has 18 heavy (non-hydrogen) atoms. The molecule has 1 N–H and O–H groups in total. The Morgan fingerprint density at radius 2 is 1.67 bits per heavy atom. The lowest BCUT2D eigenvalue weighted by atomic mass is 10.0. The lowest BCUT2D eigenvalue weighted by Crippen LogP contribution is -2.03.